The summed E-state index contributed by atoms with van der Waals surface area (Å²) >= 11 is 0. The molecule has 1 aromatic rings. The molecule has 5 nitrogen and oxygen atoms in total. The summed E-state index contributed by atoms with van der Waals surface area (Å²) in [5.41, 5.74) is 0.108. The van der Waals surface area contributed by atoms with Gasteiger partial charge < -0.3 is 15.3 Å². The maximum absolute atomic E-state index is 12.3. The monoisotopic (exact) mass is 316 g/mol. The first-order chi connectivity index (χ1) is 10.3. The Hall–Kier alpha value is -2.25. The summed E-state index contributed by atoms with van der Waals surface area (Å²) in [6.07, 6.45) is -4.39. The molecule has 0 radical (unpaired) electrons. The lowest BCUT2D eigenvalue weighted by Gasteiger charge is -2.32. The lowest BCUT2D eigenvalue weighted by Crippen LogP contribution is -2.50. The van der Waals surface area contributed by atoms with Crippen LogP contribution in [0.4, 0.5) is 13.2 Å². The topological polar surface area (TPSA) is 69.6 Å². The van der Waals surface area contributed by atoms with E-state index >= 15 is 0 Å². The van der Waals surface area contributed by atoms with Crippen LogP contribution in [0.25, 0.3) is 0 Å². The largest absolute Gasteiger partial charge is 0.507 e. The third-order valence-electron chi connectivity index (χ3n) is 3.51. The highest BCUT2D eigenvalue weighted by Crippen LogP contribution is 2.22. The fraction of sp³-hybridized carbons (Fsp3) is 0.429. The second-order valence-corrected chi connectivity index (χ2v) is 5.05. The average molecular weight is 316 g/mol. The molecular formula is C14H15F3N2O3. The van der Waals surface area contributed by atoms with Crippen molar-refractivity contribution in [3.63, 3.8) is 0 Å². The number of rotatable bonds is 2. The van der Waals surface area contributed by atoms with E-state index in [4.69, 9.17) is 0 Å². The van der Waals surface area contributed by atoms with E-state index in [9.17, 15) is 27.9 Å². The molecule has 0 aromatic heterocycles. The zero-order valence-electron chi connectivity index (χ0n) is 11.6. The predicted octanol–water partition coefficient (Wildman–Crippen LogP) is 1.68. The fourth-order valence-corrected chi connectivity index (χ4v) is 2.33. The molecule has 1 saturated heterocycles. The van der Waals surface area contributed by atoms with Gasteiger partial charge in [0, 0.05) is 19.1 Å². The molecule has 2 rings (SSSR count). The van der Waals surface area contributed by atoms with Gasteiger partial charge in [0.2, 0.25) is 0 Å². The molecule has 2 amide bonds. The van der Waals surface area contributed by atoms with Crippen molar-refractivity contribution in [1.29, 1.82) is 0 Å². The zero-order chi connectivity index (χ0) is 16.3. The fourth-order valence-electron chi connectivity index (χ4n) is 2.33. The Kier molecular flexibility index (Phi) is 4.58. The molecule has 1 aliphatic heterocycles. The van der Waals surface area contributed by atoms with E-state index in [-0.39, 0.29) is 43.3 Å². The molecule has 0 saturated carbocycles. The quantitative estimate of drug-likeness (QED) is 0.872. The van der Waals surface area contributed by atoms with Gasteiger partial charge in [0.05, 0.1) is 5.56 Å². The number of para-hydroxylation sites is 1. The molecule has 1 fully saturated rings. The van der Waals surface area contributed by atoms with E-state index in [2.05, 4.69) is 5.32 Å². The Morgan fingerprint density at radius 2 is 1.77 bits per heavy atom. The summed E-state index contributed by atoms with van der Waals surface area (Å²) < 4.78 is 37.0. The van der Waals surface area contributed by atoms with Crippen LogP contribution in [0.5, 0.6) is 5.75 Å². The Balaban J connectivity index is 1.89. The van der Waals surface area contributed by atoms with Crippen LogP contribution in [0.2, 0.25) is 0 Å². The summed E-state index contributed by atoms with van der Waals surface area (Å²) in [4.78, 5) is 23.8. The molecule has 120 valence electrons. The molecule has 0 bridgehead atoms. The van der Waals surface area contributed by atoms with E-state index in [0.717, 1.165) is 4.90 Å². The van der Waals surface area contributed by atoms with E-state index in [0.29, 0.717) is 0 Å². The molecule has 1 aromatic carbocycles. The van der Waals surface area contributed by atoms with Crippen molar-refractivity contribution < 1.29 is 27.9 Å². The number of hydrogen-bond acceptors (Lipinski definition) is 3. The van der Waals surface area contributed by atoms with Gasteiger partial charge in [0.15, 0.2) is 0 Å². The van der Waals surface area contributed by atoms with E-state index in [1.54, 1.807) is 12.1 Å². The molecular weight excluding hydrogens is 301 g/mol. The van der Waals surface area contributed by atoms with Gasteiger partial charge in [-0.3, -0.25) is 9.59 Å². The van der Waals surface area contributed by atoms with E-state index in [1.165, 1.54) is 12.1 Å². The van der Waals surface area contributed by atoms with Crippen LogP contribution in [-0.2, 0) is 4.79 Å². The van der Waals surface area contributed by atoms with E-state index in [1.807, 2.05) is 0 Å². The van der Waals surface area contributed by atoms with Gasteiger partial charge >= 0.3 is 12.1 Å². The number of alkyl halides is 3. The van der Waals surface area contributed by atoms with Crippen molar-refractivity contribution in [2.45, 2.75) is 25.1 Å². The highest BCUT2D eigenvalue weighted by molar-refractivity contribution is 5.96. The third-order valence-corrected chi connectivity index (χ3v) is 3.51. The summed E-state index contributed by atoms with van der Waals surface area (Å²) in [7, 11) is 0. The zero-order valence-corrected chi connectivity index (χ0v) is 11.6. The van der Waals surface area contributed by atoms with Crippen LogP contribution in [0.15, 0.2) is 24.3 Å². The number of phenols is 1. The average Bonchev–Trinajstić information content (AvgIpc) is 2.46. The smallest absolute Gasteiger partial charge is 0.471 e. The normalized spacial score (nSPS) is 16.4. The minimum atomic E-state index is -4.87. The number of halogens is 3. The second kappa shape index (κ2) is 6.25. The molecule has 1 aliphatic rings. The number of benzene rings is 1. The number of aromatic hydroxyl groups is 1. The highest BCUT2D eigenvalue weighted by Gasteiger charge is 2.43. The van der Waals surface area contributed by atoms with Crippen LogP contribution < -0.4 is 5.32 Å². The van der Waals surface area contributed by atoms with Gasteiger partial charge in [-0.2, -0.15) is 13.2 Å². The number of carbonyl (C=O) groups excluding carboxylic acids is 2. The molecule has 0 spiro atoms. The lowest BCUT2D eigenvalue weighted by atomic mass is 10.0. The molecule has 22 heavy (non-hydrogen) atoms. The number of phenolic OH excluding ortho intramolecular Hbond substituents is 1. The van der Waals surface area contributed by atoms with Gasteiger partial charge in [-0.15, -0.1) is 0 Å². The first-order valence-corrected chi connectivity index (χ1v) is 6.74. The molecule has 0 aliphatic carbocycles. The number of nitrogens with zero attached hydrogens (tertiary/aromatic N) is 1. The van der Waals surface area contributed by atoms with Gasteiger partial charge in [-0.05, 0) is 25.0 Å². The van der Waals surface area contributed by atoms with Gasteiger partial charge in [0.25, 0.3) is 5.91 Å². The molecule has 1 heterocycles. The van der Waals surface area contributed by atoms with Crippen LogP contribution >= 0.6 is 0 Å². The number of hydrogen-bond donors (Lipinski definition) is 2. The first-order valence-electron chi connectivity index (χ1n) is 6.74. The van der Waals surface area contributed by atoms with Crippen molar-refractivity contribution in [3.05, 3.63) is 29.8 Å². The molecule has 0 atom stereocenters. The minimum absolute atomic E-state index is 0.0654. The number of amides is 2. The second-order valence-electron chi connectivity index (χ2n) is 5.05. The van der Waals surface area contributed by atoms with Crippen LogP contribution in [0.3, 0.4) is 0 Å². The predicted molar refractivity (Wildman–Crippen MR) is 71.2 cm³/mol. The van der Waals surface area contributed by atoms with Crippen molar-refractivity contribution in [2.75, 3.05) is 13.1 Å². The minimum Gasteiger partial charge on any atom is -0.507 e. The number of nitrogens with one attached hydrogen (secondary N) is 1. The number of carbonyl (C=O) groups is 2. The highest BCUT2D eigenvalue weighted by atomic mass is 19.4. The van der Waals surface area contributed by atoms with Crippen LogP contribution in [0, 0.1) is 0 Å². The third kappa shape index (κ3) is 3.69. The standard InChI is InChI=1S/C14H15F3N2O3/c15-14(16,17)13(22)19-7-5-9(6-8-19)18-12(21)10-3-1-2-4-11(10)20/h1-4,9,20H,5-8H2,(H,18,21). The lowest BCUT2D eigenvalue weighted by molar-refractivity contribution is -0.186. The van der Waals surface area contributed by atoms with E-state index < -0.39 is 18.0 Å². The summed E-state index contributed by atoms with van der Waals surface area (Å²) in [6.45, 7) is -0.131. The maximum Gasteiger partial charge on any atom is 0.471 e. The Morgan fingerprint density at radius 3 is 2.32 bits per heavy atom. The SMILES string of the molecule is O=C(NC1CCN(C(=O)C(F)(F)F)CC1)c1ccccc1O. The van der Waals surface area contributed by atoms with Gasteiger partial charge in [-0.25, -0.2) is 0 Å². The molecule has 0 unspecified atom stereocenters. The molecule has 2 N–H and O–H groups in total. The summed E-state index contributed by atoms with van der Waals surface area (Å²) in [5, 5.41) is 12.2. The van der Waals surface area contributed by atoms with Crippen molar-refractivity contribution in [1.82, 2.24) is 10.2 Å². The Bertz CT molecular complexity index is 567. The van der Waals surface area contributed by atoms with Crippen LogP contribution in [0.1, 0.15) is 23.2 Å². The summed E-state index contributed by atoms with van der Waals surface area (Å²) in [6, 6.07) is 5.67. The number of piperidine rings is 1. The van der Waals surface area contributed by atoms with Crippen molar-refractivity contribution in [2.24, 2.45) is 0 Å². The molecule has 8 heteroatoms. The van der Waals surface area contributed by atoms with Crippen LogP contribution in [-0.4, -0.2) is 47.1 Å². The maximum atomic E-state index is 12.3. The summed E-state index contributed by atoms with van der Waals surface area (Å²) in [5.74, 6) is -2.50. The van der Waals surface area contributed by atoms with Crippen molar-refractivity contribution >= 4 is 11.8 Å². The Labute approximate surface area is 124 Å². The number of likely N-dealkylation sites (tertiary alicyclic amines) is 1. The van der Waals surface area contributed by atoms with Crippen molar-refractivity contribution in [3.8, 4) is 5.75 Å². The van der Waals surface area contributed by atoms with Gasteiger partial charge in [0.1, 0.15) is 5.75 Å². The first kappa shape index (κ1) is 16.1. The van der Waals surface area contributed by atoms with Gasteiger partial charge in [-0.1, -0.05) is 12.1 Å². The Morgan fingerprint density at radius 1 is 1.18 bits per heavy atom.